The summed E-state index contributed by atoms with van der Waals surface area (Å²) in [5.41, 5.74) is 0. The van der Waals surface area contributed by atoms with Gasteiger partial charge in [-0.3, -0.25) is 9.59 Å². The first kappa shape index (κ1) is 26.3. The second-order valence-electron chi connectivity index (χ2n) is 10.6. The molecule has 1 unspecified atom stereocenters. The molecule has 1 N–H and O–H groups in total. The minimum absolute atomic E-state index is 0.0838. The molecule has 1 aromatic rings. The molecule has 2 amide bonds. The van der Waals surface area contributed by atoms with Crippen LogP contribution in [0.3, 0.4) is 0 Å². The number of hydrogen-bond donors (Lipinski definition) is 1. The third kappa shape index (κ3) is 7.11. The highest BCUT2D eigenvalue weighted by Crippen LogP contribution is 2.25. The maximum absolute atomic E-state index is 13.6. The number of amides is 2. The predicted molar refractivity (Wildman–Crippen MR) is 134 cm³/mol. The van der Waals surface area contributed by atoms with Gasteiger partial charge in [0.2, 0.25) is 11.8 Å². The summed E-state index contributed by atoms with van der Waals surface area (Å²) in [6.07, 6.45) is 3.33. The van der Waals surface area contributed by atoms with E-state index in [1.807, 2.05) is 34.1 Å². The van der Waals surface area contributed by atoms with E-state index in [2.05, 4.69) is 33.0 Å². The summed E-state index contributed by atoms with van der Waals surface area (Å²) in [6, 6.07) is 7.11. The van der Waals surface area contributed by atoms with E-state index in [0.29, 0.717) is 37.3 Å². The molecule has 0 radical (unpaired) electrons. The van der Waals surface area contributed by atoms with Crippen molar-refractivity contribution in [2.45, 2.75) is 65.5 Å². The molecule has 34 heavy (non-hydrogen) atoms. The lowest BCUT2D eigenvalue weighted by atomic mass is 9.94. The first-order valence-corrected chi connectivity index (χ1v) is 12.9. The van der Waals surface area contributed by atoms with Crippen molar-refractivity contribution in [1.82, 2.24) is 15.1 Å². The molecule has 0 spiro atoms. The highest BCUT2D eigenvalue weighted by Gasteiger charge is 2.39. The lowest BCUT2D eigenvalue weighted by Crippen LogP contribution is -2.62. The molecule has 1 aromatic carbocycles. The van der Waals surface area contributed by atoms with E-state index in [9.17, 15) is 9.59 Å². The van der Waals surface area contributed by atoms with E-state index in [4.69, 9.17) is 9.47 Å². The van der Waals surface area contributed by atoms with Crippen LogP contribution in [0.4, 0.5) is 0 Å². The Balaban J connectivity index is 1.57. The van der Waals surface area contributed by atoms with Gasteiger partial charge in [0.05, 0.1) is 19.8 Å². The molecule has 2 aliphatic rings. The Kier molecular flexibility index (Phi) is 9.63. The third-order valence-corrected chi connectivity index (χ3v) is 6.84. The average Bonchev–Trinajstić information content (AvgIpc) is 2.82. The van der Waals surface area contributed by atoms with Gasteiger partial charge in [0.1, 0.15) is 17.5 Å². The number of nitrogens with zero attached hydrogens (tertiary/aromatic N) is 2. The summed E-state index contributed by atoms with van der Waals surface area (Å²) in [5.74, 6) is 2.97. The Morgan fingerprint density at radius 3 is 2.44 bits per heavy atom. The van der Waals surface area contributed by atoms with Crippen LogP contribution in [0, 0.1) is 17.8 Å². The maximum Gasteiger partial charge on any atom is 0.245 e. The molecule has 2 aliphatic heterocycles. The summed E-state index contributed by atoms with van der Waals surface area (Å²) >= 11 is 0. The first-order chi connectivity index (χ1) is 16.3. The van der Waals surface area contributed by atoms with E-state index < -0.39 is 0 Å². The topological polar surface area (TPSA) is 71.1 Å². The van der Waals surface area contributed by atoms with Gasteiger partial charge < -0.3 is 24.6 Å². The molecule has 0 bridgehead atoms. The second kappa shape index (κ2) is 12.4. The summed E-state index contributed by atoms with van der Waals surface area (Å²) in [5, 5.41) is 3.36. The van der Waals surface area contributed by atoms with Gasteiger partial charge in [-0.2, -0.15) is 0 Å². The van der Waals surface area contributed by atoms with Crippen molar-refractivity contribution in [2.24, 2.45) is 17.8 Å². The molecular weight excluding hydrogens is 430 g/mol. The number of likely N-dealkylation sites (tertiary alicyclic amines) is 1. The first-order valence-electron chi connectivity index (χ1n) is 12.9. The summed E-state index contributed by atoms with van der Waals surface area (Å²) < 4.78 is 11.3. The summed E-state index contributed by atoms with van der Waals surface area (Å²) in [6.45, 7) is 11.9. The fourth-order valence-electron chi connectivity index (χ4n) is 4.97. The number of ether oxygens (including phenoxy) is 2. The zero-order valence-electron chi connectivity index (χ0n) is 21.6. The van der Waals surface area contributed by atoms with Crippen LogP contribution in [0.1, 0.15) is 53.4 Å². The van der Waals surface area contributed by atoms with Crippen molar-refractivity contribution in [1.29, 1.82) is 0 Å². The molecule has 2 heterocycles. The molecule has 190 valence electrons. The van der Waals surface area contributed by atoms with Gasteiger partial charge in [-0.15, -0.1) is 0 Å². The Bertz CT molecular complexity index is 805. The fraction of sp³-hybridized carbons (Fsp3) is 0.704. The van der Waals surface area contributed by atoms with Crippen molar-refractivity contribution in [3.05, 3.63) is 24.3 Å². The number of rotatable bonds is 10. The Labute approximate surface area is 205 Å². The van der Waals surface area contributed by atoms with Gasteiger partial charge in [-0.25, -0.2) is 0 Å². The van der Waals surface area contributed by atoms with Gasteiger partial charge in [-0.05, 0) is 55.6 Å². The monoisotopic (exact) mass is 473 g/mol. The third-order valence-electron chi connectivity index (χ3n) is 6.84. The Hall–Kier alpha value is -2.28. The fourth-order valence-corrected chi connectivity index (χ4v) is 4.97. The number of carbonyl (C=O) groups excluding carboxylic acids is 2. The number of nitrogens with one attached hydrogen (secondary N) is 1. The van der Waals surface area contributed by atoms with Gasteiger partial charge >= 0.3 is 0 Å². The van der Waals surface area contributed by atoms with E-state index in [1.54, 1.807) is 7.11 Å². The number of piperidine rings is 1. The van der Waals surface area contributed by atoms with E-state index in [0.717, 1.165) is 50.4 Å². The van der Waals surface area contributed by atoms with Crippen LogP contribution in [0.2, 0.25) is 0 Å². The minimum atomic E-state index is -0.367. The standard InChI is InChI=1S/C27H43N3O4/c1-19(2)15-24-26(31)30(14-11-28-24)25(16-20(3)4)27(32)29-12-9-21(10-13-29)18-34-23-8-6-7-22(17-23)33-5/h6-8,17,19-21,24-25,28H,9-16,18H2,1-5H3/t24-,25?/m0/s1. The number of benzene rings is 1. The Morgan fingerprint density at radius 1 is 1.09 bits per heavy atom. The van der Waals surface area contributed by atoms with Crippen molar-refractivity contribution in [3.63, 3.8) is 0 Å². The molecular formula is C27H43N3O4. The second-order valence-corrected chi connectivity index (χ2v) is 10.6. The highest BCUT2D eigenvalue weighted by atomic mass is 16.5. The molecule has 7 nitrogen and oxygen atoms in total. The van der Waals surface area contributed by atoms with Crippen LogP contribution in [-0.4, -0.2) is 73.6 Å². The zero-order chi connectivity index (χ0) is 24.7. The van der Waals surface area contributed by atoms with Crippen LogP contribution in [0.5, 0.6) is 11.5 Å². The van der Waals surface area contributed by atoms with Crippen molar-refractivity contribution < 1.29 is 19.1 Å². The molecule has 3 rings (SSSR count). The van der Waals surface area contributed by atoms with Crippen LogP contribution < -0.4 is 14.8 Å². The number of carbonyl (C=O) groups is 2. The normalized spacial score (nSPS) is 20.7. The quantitative estimate of drug-likeness (QED) is 0.563. The van der Waals surface area contributed by atoms with Crippen molar-refractivity contribution in [3.8, 4) is 11.5 Å². The van der Waals surface area contributed by atoms with E-state index in [-0.39, 0.29) is 23.9 Å². The number of piperazine rings is 1. The molecule has 2 atom stereocenters. The van der Waals surface area contributed by atoms with Crippen LogP contribution in [0.15, 0.2) is 24.3 Å². The van der Waals surface area contributed by atoms with Gasteiger partial charge in [0, 0.05) is 32.2 Å². The minimum Gasteiger partial charge on any atom is -0.497 e. The molecule has 0 aliphatic carbocycles. The molecule has 2 fully saturated rings. The summed E-state index contributed by atoms with van der Waals surface area (Å²) in [7, 11) is 1.65. The molecule has 7 heteroatoms. The lowest BCUT2D eigenvalue weighted by Gasteiger charge is -2.42. The lowest BCUT2D eigenvalue weighted by molar-refractivity contribution is -0.150. The maximum atomic E-state index is 13.6. The molecule has 2 saturated heterocycles. The average molecular weight is 474 g/mol. The molecule has 0 saturated carbocycles. The van der Waals surface area contributed by atoms with Crippen LogP contribution in [-0.2, 0) is 9.59 Å². The van der Waals surface area contributed by atoms with Crippen molar-refractivity contribution >= 4 is 11.8 Å². The predicted octanol–water partition coefficient (Wildman–Crippen LogP) is 3.57. The smallest absolute Gasteiger partial charge is 0.245 e. The van der Waals surface area contributed by atoms with Crippen LogP contribution in [0.25, 0.3) is 0 Å². The largest absolute Gasteiger partial charge is 0.497 e. The molecule has 0 aromatic heterocycles. The van der Waals surface area contributed by atoms with Crippen LogP contribution >= 0.6 is 0 Å². The van der Waals surface area contributed by atoms with Gasteiger partial charge in [0.15, 0.2) is 0 Å². The zero-order valence-corrected chi connectivity index (χ0v) is 21.6. The highest BCUT2D eigenvalue weighted by molar-refractivity contribution is 5.90. The Morgan fingerprint density at radius 2 is 1.79 bits per heavy atom. The number of hydrogen-bond acceptors (Lipinski definition) is 5. The number of methoxy groups -OCH3 is 1. The summed E-state index contributed by atoms with van der Waals surface area (Å²) in [4.78, 5) is 30.7. The van der Waals surface area contributed by atoms with Gasteiger partial charge in [0.25, 0.3) is 0 Å². The van der Waals surface area contributed by atoms with E-state index in [1.165, 1.54) is 0 Å². The van der Waals surface area contributed by atoms with E-state index >= 15 is 0 Å². The van der Waals surface area contributed by atoms with Crippen molar-refractivity contribution in [2.75, 3.05) is 39.9 Å². The SMILES string of the molecule is COc1cccc(OCC2CCN(C(=O)C(CC(C)C)N3CCN[C@@H](CC(C)C)C3=O)CC2)c1. The van der Waals surface area contributed by atoms with Gasteiger partial charge in [-0.1, -0.05) is 33.8 Å².